The van der Waals surface area contributed by atoms with Gasteiger partial charge in [-0.1, -0.05) is 22.0 Å². The Morgan fingerprint density at radius 1 is 1.03 bits per heavy atom. The molecule has 0 heterocycles. The third-order valence-electron chi connectivity index (χ3n) is 4.32. The Kier molecular flexibility index (Phi) is 7.70. The lowest BCUT2D eigenvalue weighted by molar-refractivity contribution is -0.115. The van der Waals surface area contributed by atoms with Crippen molar-refractivity contribution in [3.8, 4) is 5.75 Å². The second-order valence-corrected chi connectivity index (χ2v) is 8.91. The van der Waals surface area contributed by atoms with E-state index >= 15 is 0 Å². The summed E-state index contributed by atoms with van der Waals surface area (Å²) < 4.78 is 19.7. The van der Waals surface area contributed by atoms with Crippen LogP contribution in [0.5, 0.6) is 5.75 Å². The summed E-state index contributed by atoms with van der Waals surface area (Å²) in [5.41, 5.74) is 1.26. The lowest BCUT2D eigenvalue weighted by atomic mass is 10.2. The molecule has 0 aromatic heterocycles. The molecule has 160 valence electrons. The van der Waals surface area contributed by atoms with E-state index < -0.39 is 11.1 Å². The molecule has 0 aliphatic heterocycles. The number of carbonyl (C=O) groups excluding carboxylic acids is 2. The van der Waals surface area contributed by atoms with E-state index in [2.05, 4.69) is 26.6 Å². The van der Waals surface area contributed by atoms with Crippen molar-refractivity contribution in [1.29, 1.82) is 0 Å². The van der Waals surface area contributed by atoms with Gasteiger partial charge in [0.2, 0.25) is 5.91 Å². The van der Waals surface area contributed by atoms with E-state index in [-0.39, 0.29) is 17.5 Å². The largest absolute Gasteiger partial charge is 0.497 e. The molecule has 3 rings (SSSR count). The number of benzene rings is 3. The third kappa shape index (κ3) is 6.32. The van der Waals surface area contributed by atoms with Crippen molar-refractivity contribution in [3.63, 3.8) is 0 Å². The highest BCUT2D eigenvalue weighted by Crippen LogP contribution is 2.27. The molecule has 0 aliphatic carbocycles. The summed E-state index contributed by atoms with van der Waals surface area (Å²) in [6.07, 6.45) is 0. The fourth-order valence-corrected chi connectivity index (χ4v) is 3.87. The number of thioether (sulfide) groups is 1. The molecule has 3 aromatic rings. The molecule has 5 nitrogen and oxygen atoms in total. The van der Waals surface area contributed by atoms with Crippen molar-refractivity contribution in [2.24, 2.45) is 0 Å². The lowest BCUT2D eigenvalue weighted by Gasteiger charge is -2.13. The standard InChI is InChI=1S/C23H20BrFN2O3S/c1-14(22(28)27-21-11-6-16(24)13-20(21)25)31-19-9-7-17(8-10-19)26-23(29)15-4-3-5-18(12-15)30-2/h3-14H,1-2H3,(H,26,29)(H,27,28). The Bertz CT molecular complexity index is 1090. The average molecular weight is 503 g/mol. The number of carbonyl (C=O) groups is 2. The van der Waals surface area contributed by atoms with Gasteiger partial charge in [0.1, 0.15) is 11.6 Å². The summed E-state index contributed by atoms with van der Waals surface area (Å²) in [4.78, 5) is 25.6. The van der Waals surface area contributed by atoms with Crippen molar-refractivity contribution in [3.05, 3.63) is 82.6 Å². The third-order valence-corrected chi connectivity index (χ3v) is 5.92. The first-order valence-corrected chi connectivity index (χ1v) is 11.0. The summed E-state index contributed by atoms with van der Waals surface area (Å²) in [6.45, 7) is 1.75. The van der Waals surface area contributed by atoms with Crippen LogP contribution in [0.15, 0.2) is 76.1 Å². The van der Waals surface area contributed by atoms with Crippen LogP contribution in [0.1, 0.15) is 17.3 Å². The van der Waals surface area contributed by atoms with Gasteiger partial charge in [-0.3, -0.25) is 9.59 Å². The molecule has 31 heavy (non-hydrogen) atoms. The first-order chi connectivity index (χ1) is 14.9. The zero-order valence-corrected chi connectivity index (χ0v) is 19.2. The Labute approximate surface area is 192 Å². The molecule has 0 radical (unpaired) electrons. The fraction of sp³-hybridized carbons (Fsp3) is 0.130. The van der Waals surface area contributed by atoms with Gasteiger partial charge >= 0.3 is 0 Å². The number of anilines is 2. The highest BCUT2D eigenvalue weighted by molar-refractivity contribution is 9.10. The van der Waals surface area contributed by atoms with Crippen LogP contribution in [0.25, 0.3) is 0 Å². The van der Waals surface area contributed by atoms with E-state index in [4.69, 9.17) is 4.74 Å². The van der Waals surface area contributed by atoms with Gasteiger partial charge in [-0.2, -0.15) is 0 Å². The van der Waals surface area contributed by atoms with E-state index in [9.17, 15) is 14.0 Å². The summed E-state index contributed by atoms with van der Waals surface area (Å²) in [7, 11) is 1.55. The molecule has 1 atom stereocenters. The summed E-state index contributed by atoms with van der Waals surface area (Å²) in [5.74, 6) is -0.448. The second-order valence-electron chi connectivity index (χ2n) is 6.58. The van der Waals surface area contributed by atoms with Crippen LogP contribution >= 0.6 is 27.7 Å². The molecular weight excluding hydrogens is 483 g/mol. The molecular formula is C23H20BrFN2O3S. The van der Waals surface area contributed by atoms with Crippen LogP contribution in [-0.2, 0) is 4.79 Å². The minimum absolute atomic E-state index is 0.135. The predicted octanol–water partition coefficient (Wildman–Crippen LogP) is 5.97. The number of hydrogen-bond donors (Lipinski definition) is 2. The van der Waals surface area contributed by atoms with Gasteiger partial charge < -0.3 is 15.4 Å². The SMILES string of the molecule is COc1cccc(C(=O)Nc2ccc(SC(C)C(=O)Nc3ccc(Br)cc3F)cc2)c1. The quantitative estimate of drug-likeness (QED) is 0.390. The van der Waals surface area contributed by atoms with Gasteiger partial charge in [-0.25, -0.2) is 4.39 Å². The number of amides is 2. The van der Waals surface area contributed by atoms with Gasteiger partial charge in [0, 0.05) is 20.6 Å². The minimum atomic E-state index is -0.504. The smallest absolute Gasteiger partial charge is 0.255 e. The van der Waals surface area contributed by atoms with Crippen molar-refractivity contribution in [2.75, 3.05) is 17.7 Å². The zero-order chi connectivity index (χ0) is 22.4. The van der Waals surface area contributed by atoms with Crippen molar-refractivity contribution in [1.82, 2.24) is 0 Å². The Balaban J connectivity index is 1.58. The monoisotopic (exact) mass is 502 g/mol. The molecule has 1 unspecified atom stereocenters. The predicted molar refractivity (Wildman–Crippen MR) is 125 cm³/mol. The van der Waals surface area contributed by atoms with Crippen molar-refractivity contribution < 1.29 is 18.7 Å². The summed E-state index contributed by atoms with van der Waals surface area (Å²) in [6, 6.07) is 18.5. The molecule has 0 bridgehead atoms. The fourth-order valence-electron chi connectivity index (χ4n) is 2.67. The zero-order valence-electron chi connectivity index (χ0n) is 16.8. The van der Waals surface area contributed by atoms with Crippen LogP contribution in [-0.4, -0.2) is 24.2 Å². The number of hydrogen-bond acceptors (Lipinski definition) is 4. The molecule has 0 saturated carbocycles. The normalized spacial score (nSPS) is 11.5. The van der Waals surface area contributed by atoms with Gasteiger partial charge in [-0.05, 0) is 67.6 Å². The maximum atomic E-state index is 13.9. The van der Waals surface area contributed by atoms with E-state index in [0.29, 0.717) is 21.5 Å². The summed E-state index contributed by atoms with van der Waals surface area (Å²) >= 11 is 4.52. The van der Waals surface area contributed by atoms with Crippen LogP contribution < -0.4 is 15.4 Å². The van der Waals surface area contributed by atoms with Gasteiger partial charge in [-0.15, -0.1) is 11.8 Å². The first kappa shape index (κ1) is 22.8. The Hall–Kier alpha value is -2.84. The summed E-state index contributed by atoms with van der Waals surface area (Å²) in [5, 5.41) is 4.98. The minimum Gasteiger partial charge on any atom is -0.497 e. The second kappa shape index (κ2) is 10.5. The number of methoxy groups -OCH3 is 1. The van der Waals surface area contributed by atoms with Crippen molar-refractivity contribution in [2.45, 2.75) is 17.1 Å². The molecule has 2 amide bonds. The molecule has 0 fully saturated rings. The first-order valence-electron chi connectivity index (χ1n) is 9.34. The van der Waals surface area contributed by atoms with E-state index in [1.54, 1.807) is 56.5 Å². The van der Waals surface area contributed by atoms with E-state index in [1.807, 2.05) is 12.1 Å². The Morgan fingerprint density at radius 3 is 2.45 bits per heavy atom. The molecule has 0 saturated heterocycles. The number of ether oxygens (including phenoxy) is 1. The average Bonchev–Trinajstić information content (AvgIpc) is 2.77. The molecule has 0 spiro atoms. The molecule has 3 aromatic carbocycles. The van der Waals surface area contributed by atoms with Crippen LogP contribution in [0, 0.1) is 5.82 Å². The van der Waals surface area contributed by atoms with E-state index in [0.717, 1.165) is 4.90 Å². The molecule has 2 N–H and O–H groups in total. The lowest BCUT2D eigenvalue weighted by Crippen LogP contribution is -2.22. The van der Waals surface area contributed by atoms with E-state index in [1.165, 1.54) is 23.9 Å². The molecule has 8 heteroatoms. The van der Waals surface area contributed by atoms with Crippen molar-refractivity contribution >= 4 is 50.9 Å². The van der Waals surface area contributed by atoms with Crippen LogP contribution in [0.2, 0.25) is 0 Å². The van der Waals surface area contributed by atoms with Crippen LogP contribution in [0.4, 0.5) is 15.8 Å². The number of rotatable bonds is 7. The maximum absolute atomic E-state index is 13.9. The number of halogens is 2. The van der Waals surface area contributed by atoms with Crippen LogP contribution in [0.3, 0.4) is 0 Å². The topological polar surface area (TPSA) is 67.4 Å². The highest BCUT2D eigenvalue weighted by Gasteiger charge is 2.16. The maximum Gasteiger partial charge on any atom is 0.255 e. The van der Waals surface area contributed by atoms with Gasteiger partial charge in [0.15, 0.2) is 0 Å². The molecule has 0 aliphatic rings. The Morgan fingerprint density at radius 2 is 1.77 bits per heavy atom. The van der Waals surface area contributed by atoms with Gasteiger partial charge in [0.05, 0.1) is 18.0 Å². The number of nitrogens with one attached hydrogen (secondary N) is 2. The highest BCUT2D eigenvalue weighted by atomic mass is 79.9. The van der Waals surface area contributed by atoms with Gasteiger partial charge in [0.25, 0.3) is 5.91 Å².